The van der Waals surface area contributed by atoms with E-state index in [2.05, 4.69) is 21.3 Å². The molecule has 0 aromatic carbocycles. The molecule has 0 spiro atoms. The zero-order valence-electron chi connectivity index (χ0n) is 29.9. The summed E-state index contributed by atoms with van der Waals surface area (Å²) in [4.78, 5) is 101. The summed E-state index contributed by atoms with van der Waals surface area (Å²) in [5.41, 5.74) is 0. The molecule has 264 valence electrons. The second kappa shape index (κ2) is 20.7. The van der Waals surface area contributed by atoms with Gasteiger partial charge in [-0.1, -0.05) is 13.8 Å². The molecule has 0 rings (SSSR count). The molecule has 16 nitrogen and oxygen atoms in total. The fraction of sp³-hybridized carbons (Fsp3) is 0.733. The number of rotatable bonds is 14. The van der Waals surface area contributed by atoms with E-state index in [0.717, 1.165) is 0 Å². The molecule has 8 amide bonds. The maximum atomic E-state index is 12.5. The summed E-state index contributed by atoms with van der Waals surface area (Å²) in [5.74, 6) is -4.62. The Morgan fingerprint density at radius 3 is 0.935 bits per heavy atom. The molecule has 0 aliphatic carbocycles. The average molecular weight is 657 g/mol. The predicted octanol–water partition coefficient (Wildman–Crippen LogP) is -1.60. The van der Waals surface area contributed by atoms with Gasteiger partial charge < -0.3 is 40.9 Å². The quantitative estimate of drug-likeness (QED) is 0.160. The molecule has 0 aliphatic heterocycles. The van der Waals surface area contributed by atoms with Crippen LogP contribution in [0, 0.1) is 11.8 Å². The Morgan fingerprint density at radius 1 is 0.478 bits per heavy atom. The third-order valence-electron chi connectivity index (χ3n) is 7.50. The van der Waals surface area contributed by atoms with Crippen LogP contribution in [0.2, 0.25) is 0 Å². The van der Waals surface area contributed by atoms with Gasteiger partial charge in [-0.25, -0.2) is 0 Å². The number of amides is 8. The average Bonchev–Trinajstić information content (AvgIpc) is 3.02. The largest absolute Gasteiger partial charge is 0.357 e. The van der Waals surface area contributed by atoms with Gasteiger partial charge in [-0.2, -0.15) is 0 Å². The molecule has 4 N–H and O–H groups in total. The third-order valence-corrected chi connectivity index (χ3v) is 7.50. The standard InChI is InChI=1S/2C15H28N4O4/c2*1-8-11(14(22)18(5)6)15(23)19(7)10(3)13(21)17-9(2)12(20)16-4/h2*9-11H,8H2,1-7H3,(H,16,20)(H,17,21). The maximum absolute atomic E-state index is 12.5. The van der Waals surface area contributed by atoms with Gasteiger partial charge in [-0.05, 0) is 40.5 Å². The van der Waals surface area contributed by atoms with Crippen molar-refractivity contribution in [3.63, 3.8) is 0 Å². The van der Waals surface area contributed by atoms with Gasteiger partial charge in [0.25, 0.3) is 0 Å². The van der Waals surface area contributed by atoms with Crippen molar-refractivity contribution < 1.29 is 38.4 Å². The molecule has 0 heterocycles. The first-order valence-electron chi connectivity index (χ1n) is 15.2. The van der Waals surface area contributed by atoms with Crippen molar-refractivity contribution in [1.82, 2.24) is 40.9 Å². The van der Waals surface area contributed by atoms with E-state index in [0.29, 0.717) is 12.8 Å². The molecule has 0 aromatic heterocycles. The zero-order chi connectivity index (χ0) is 36.6. The number of carbonyl (C=O) groups is 8. The van der Waals surface area contributed by atoms with E-state index >= 15 is 0 Å². The molecule has 0 radical (unpaired) electrons. The molecule has 16 heteroatoms. The molecule has 46 heavy (non-hydrogen) atoms. The van der Waals surface area contributed by atoms with Crippen LogP contribution in [-0.4, -0.2) is 147 Å². The van der Waals surface area contributed by atoms with E-state index in [9.17, 15) is 38.4 Å². The van der Waals surface area contributed by atoms with Crippen LogP contribution in [0.3, 0.4) is 0 Å². The van der Waals surface area contributed by atoms with Crippen LogP contribution in [0.4, 0.5) is 0 Å². The predicted molar refractivity (Wildman–Crippen MR) is 173 cm³/mol. The summed E-state index contributed by atoms with van der Waals surface area (Å²) >= 11 is 0. The summed E-state index contributed by atoms with van der Waals surface area (Å²) in [6.45, 7) is 9.70. The Hall–Kier alpha value is -4.24. The highest BCUT2D eigenvalue weighted by Gasteiger charge is 2.34. The van der Waals surface area contributed by atoms with E-state index in [4.69, 9.17) is 0 Å². The number of nitrogens with one attached hydrogen (secondary N) is 4. The lowest BCUT2D eigenvalue weighted by atomic mass is 10.0. The highest BCUT2D eigenvalue weighted by molar-refractivity contribution is 6.02. The van der Waals surface area contributed by atoms with Crippen LogP contribution < -0.4 is 21.3 Å². The topological polar surface area (TPSA) is 198 Å². The first-order valence-corrected chi connectivity index (χ1v) is 15.2. The first-order chi connectivity index (χ1) is 21.2. The Bertz CT molecular complexity index is 1010. The number of likely N-dealkylation sites (N-methyl/N-ethyl adjacent to an activating group) is 4. The number of carbonyl (C=O) groups excluding carboxylic acids is 8. The molecule has 6 unspecified atom stereocenters. The van der Waals surface area contributed by atoms with Gasteiger partial charge >= 0.3 is 0 Å². The molecule has 0 aliphatic rings. The van der Waals surface area contributed by atoms with Crippen LogP contribution in [-0.2, 0) is 38.4 Å². The van der Waals surface area contributed by atoms with Crippen LogP contribution in [0.25, 0.3) is 0 Å². The summed E-state index contributed by atoms with van der Waals surface area (Å²) in [7, 11) is 12.2. The molecule has 0 bridgehead atoms. The second-order valence-electron chi connectivity index (χ2n) is 11.3. The number of hydrogen-bond donors (Lipinski definition) is 4. The zero-order valence-corrected chi connectivity index (χ0v) is 29.9. The van der Waals surface area contributed by atoms with Gasteiger partial charge in [0.15, 0.2) is 0 Å². The van der Waals surface area contributed by atoms with Crippen molar-refractivity contribution in [3.8, 4) is 0 Å². The normalized spacial score (nSPS) is 14.2. The van der Waals surface area contributed by atoms with Gasteiger partial charge in [-0.15, -0.1) is 0 Å². The van der Waals surface area contributed by atoms with Crippen molar-refractivity contribution in [3.05, 3.63) is 0 Å². The number of nitrogens with zero attached hydrogens (tertiary/aromatic N) is 4. The summed E-state index contributed by atoms with van der Waals surface area (Å²) < 4.78 is 0. The summed E-state index contributed by atoms with van der Waals surface area (Å²) in [5, 5.41) is 9.93. The SMILES string of the molecule is CCC(C(=O)N(C)C)C(=O)N(C)C(C)C(=O)NC(C)C(=O)NC.CCC(C(=O)N(C)C)C(=O)N(C)C(C)C(=O)NC(C)C(=O)NC. The molecule has 0 saturated carbocycles. The maximum Gasteiger partial charge on any atom is 0.243 e. The van der Waals surface area contributed by atoms with Crippen molar-refractivity contribution in [2.45, 2.75) is 78.6 Å². The monoisotopic (exact) mass is 656 g/mol. The molecule has 0 saturated heterocycles. The van der Waals surface area contributed by atoms with Crippen molar-refractivity contribution in [2.75, 3.05) is 56.4 Å². The Kier molecular flexibility index (Phi) is 19.8. The van der Waals surface area contributed by atoms with Crippen LogP contribution in [0.15, 0.2) is 0 Å². The van der Waals surface area contributed by atoms with Gasteiger partial charge in [-0.3, -0.25) is 38.4 Å². The third kappa shape index (κ3) is 13.0. The van der Waals surface area contributed by atoms with Gasteiger partial charge in [0.05, 0.1) is 0 Å². The summed E-state index contributed by atoms with van der Waals surface area (Å²) in [6, 6.07) is -3.00. The smallest absolute Gasteiger partial charge is 0.243 e. The fourth-order valence-electron chi connectivity index (χ4n) is 3.99. The van der Waals surface area contributed by atoms with E-state index in [1.807, 2.05) is 0 Å². The van der Waals surface area contributed by atoms with Crippen molar-refractivity contribution in [2.24, 2.45) is 11.8 Å². The number of hydrogen-bond acceptors (Lipinski definition) is 8. The van der Waals surface area contributed by atoms with Crippen LogP contribution >= 0.6 is 0 Å². The van der Waals surface area contributed by atoms with E-state index < -0.39 is 59.6 Å². The minimum Gasteiger partial charge on any atom is -0.357 e. The lowest BCUT2D eigenvalue weighted by Crippen LogP contribution is -2.53. The van der Waals surface area contributed by atoms with Crippen molar-refractivity contribution in [1.29, 1.82) is 0 Å². The molecular formula is C30H56N8O8. The van der Waals surface area contributed by atoms with E-state index in [1.54, 1.807) is 69.7 Å². The highest BCUT2D eigenvalue weighted by Crippen LogP contribution is 2.13. The minimum absolute atomic E-state index is 0.296. The van der Waals surface area contributed by atoms with E-state index in [-0.39, 0.29) is 23.6 Å². The van der Waals surface area contributed by atoms with Gasteiger partial charge in [0, 0.05) is 56.4 Å². The minimum atomic E-state index is -0.818. The summed E-state index contributed by atoms with van der Waals surface area (Å²) in [6.07, 6.45) is 0.701. The van der Waals surface area contributed by atoms with E-state index in [1.165, 1.54) is 47.8 Å². The second-order valence-corrected chi connectivity index (χ2v) is 11.3. The fourth-order valence-corrected chi connectivity index (χ4v) is 3.99. The molecular weight excluding hydrogens is 600 g/mol. The Morgan fingerprint density at radius 2 is 0.739 bits per heavy atom. The highest BCUT2D eigenvalue weighted by atomic mass is 16.2. The Labute approximate surface area is 273 Å². The first kappa shape index (κ1) is 43.9. The lowest BCUT2D eigenvalue weighted by Gasteiger charge is -2.29. The molecule has 0 fully saturated rings. The van der Waals surface area contributed by atoms with Crippen LogP contribution in [0.5, 0.6) is 0 Å². The van der Waals surface area contributed by atoms with Crippen molar-refractivity contribution >= 4 is 47.3 Å². The Balaban J connectivity index is 0. The van der Waals surface area contributed by atoms with Crippen LogP contribution in [0.1, 0.15) is 54.4 Å². The molecule has 6 atom stereocenters. The van der Waals surface area contributed by atoms with Gasteiger partial charge in [0.2, 0.25) is 47.3 Å². The van der Waals surface area contributed by atoms with Gasteiger partial charge in [0.1, 0.15) is 36.0 Å². The molecule has 0 aromatic rings. The lowest BCUT2D eigenvalue weighted by molar-refractivity contribution is -0.150.